The molecule has 142 valence electrons. The molecule has 4 nitrogen and oxygen atoms in total. The molecule has 5 aliphatic carbocycles. The summed E-state index contributed by atoms with van der Waals surface area (Å²) in [7, 11) is 0. The number of carbonyl (C=O) groups excluding carboxylic acids is 1. The van der Waals surface area contributed by atoms with Gasteiger partial charge in [0, 0.05) is 35.8 Å². The van der Waals surface area contributed by atoms with E-state index in [1.165, 1.54) is 0 Å². The van der Waals surface area contributed by atoms with E-state index >= 15 is 0 Å². The van der Waals surface area contributed by atoms with E-state index < -0.39 is 6.10 Å². The predicted molar refractivity (Wildman–Crippen MR) is 97.2 cm³/mol. The molecule has 0 aromatic rings. The summed E-state index contributed by atoms with van der Waals surface area (Å²) < 4.78 is 0. The minimum atomic E-state index is -0.561. The van der Waals surface area contributed by atoms with Crippen LogP contribution in [0.15, 0.2) is 12.2 Å². The molecular weight excluding hydrogens is 326 g/mol. The number of carbonyl (C=O) groups is 1. The zero-order valence-corrected chi connectivity index (χ0v) is 15.9. The number of likely N-dealkylation sites (tertiary alicyclic amines) is 1. The van der Waals surface area contributed by atoms with Gasteiger partial charge in [0.15, 0.2) is 0 Å². The molecule has 5 saturated carbocycles. The average molecular weight is 357 g/mol. The molecule has 2 N–H and O–H groups in total. The number of nitrogens with zero attached hydrogens (tertiary/aromatic N) is 1. The summed E-state index contributed by atoms with van der Waals surface area (Å²) in [5.41, 5.74) is 0.598. The van der Waals surface area contributed by atoms with E-state index in [0.29, 0.717) is 24.3 Å². The largest absolute Gasteiger partial charge is 0.392 e. The lowest BCUT2D eigenvalue weighted by atomic mass is 9.43. The van der Waals surface area contributed by atoms with Gasteiger partial charge in [0.05, 0.1) is 12.2 Å². The Kier molecular flexibility index (Phi) is 2.80. The summed E-state index contributed by atoms with van der Waals surface area (Å²) in [4.78, 5) is 15.6. The molecule has 6 rings (SSSR count). The molecule has 0 aromatic carbocycles. The quantitative estimate of drug-likeness (QED) is 0.705. The Morgan fingerprint density at radius 2 is 2.08 bits per heavy atom. The van der Waals surface area contributed by atoms with Gasteiger partial charge in [-0.3, -0.25) is 9.69 Å². The third-order valence-corrected chi connectivity index (χ3v) is 10.4. The van der Waals surface area contributed by atoms with E-state index in [9.17, 15) is 15.0 Å². The maximum atomic E-state index is 13.0. The van der Waals surface area contributed by atoms with E-state index in [4.69, 9.17) is 0 Å². The third kappa shape index (κ3) is 1.33. The monoisotopic (exact) mass is 357 g/mol. The van der Waals surface area contributed by atoms with Gasteiger partial charge < -0.3 is 10.2 Å². The number of rotatable bonds is 1. The molecule has 7 bridgehead atoms. The Bertz CT molecular complexity index is 735. The summed E-state index contributed by atoms with van der Waals surface area (Å²) in [6.45, 7) is 10.9. The first kappa shape index (κ1) is 16.3. The molecule has 1 aliphatic heterocycles. The van der Waals surface area contributed by atoms with E-state index in [2.05, 4.69) is 25.3 Å². The van der Waals surface area contributed by atoms with E-state index in [0.717, 1.165) is 44.3 Å². The summed E-state index contributed by atoms with van der Waals surface area (Å²) in [6.07, 6.45) is 3.50. The number of fused-ring (bicyclic) bond motifs is 1. The highest BCUT2D eigenvalue weighted by Crippen LogP contribution is 2.83. The number of aliphatic hydroxyl groups is 2. The lowest BCUT2D eigenvalue weighted by Crippen LogP contribution is -2.68. The van der Waals surface area contributed by atoms with Crippen molar-refractivity contribution in [1.29, 1.82) is 0 Å². The van der Waals surface area contributed by atoms with Crippen LogP contribution in [0.2, 0.25) is 0 Å². The fourth-order valence-corrected chi connectivity index (χ4v) is 9.75. The van der Waals surface area contributed by atoms with Gasteiger partial charge in [0.2, 0.25) is 0 Å². The van der Waals surface area contributed by atoms with Crippen molar-refractivity contribution in [3.05, 3.63) is 12.2 Å². The van der Waals surface area contributed by atoms with Crippen LogP contribution in [0, 0.1) is 39.9 Å². The molecule has 2 spiro atoms. The molecule has 26 heavy (non-hydrogen) atoms. The minimum absolute atomic E-state index is 0.130. The molecule has 0 radical (unpaired) electrons. The van der Waals surface area contributed by atoms with Gasteiger partial charge in [-0.25, -0.2) is 0 Å². The maximum Gasteiger partial charge on any atom is 0.140 e. The van der Waals surface area contributed by atoms with Gasteiger partial charge in [-0.2, -0.15) is 0 Å². The molecule has 1 saturated heterocycles. The standard InChI is InChI=1S/C22H31NO3/c1-4-23-10-20(3)6-5-17(25)22-15(20)7-13(18(22)23)21-9-12(11(2)19(21)26)14(24)8-16(21)22/h12-13,15-19,25-26H,2,4-10H2,1,3H3/t12-,13+,15-,16-,17+,18-,19-,20+,21-,22+/m1/s1. The summed E-state index contributed by atoms with van der Waals surface area (Å²) in [5, 5.41) is 22.8. The van der Waals surface area contributed by atoms with Crippen molar-refractivity contribution in [3.8, 4) is 0 Å². The van der Waals surface area contributed by atoms with Crippen molar-refractivity contribution >= 4 is 5.78 Å². The lowest BCUT2D eigenvalue weighted by molar-refractivity contribution is -0.211. The topological polar surface area (TPSA) is 60.8 Å². The Balaban J connectivity index is 1.62. The molecular formula is C22H31NO3. The third-order valence-electron chi connectivity index (χ3n) is 10.4. The van der Waals surface area contributed by atoms with Crippen molar-refractivity contribution in [2.45, 2.75) is 64.2 Å². The molecule has 4 heteroatoms. The van der Waals surface area contributed by atoms with Gasteiger partial charge in [0.25, 0.3) is 0 Å². The van der Waals surface area contributed by atoms with Gasteiger partial charge in [-0.15, -0.1) is 0 Å². The Morgan fingerprint density at radius 3 is 2.81 bits per heavy atom. The molecule has 6 fully saturated rings. The van der Waals surface area contributed by atoms with Gasteiger partial charge in [-0.05, 0) is 61.0 Å². The number of piperidine rings is 1. The van der Waals surface area contributed by atoms with Crippen LogP contribution in [0.3, 0.4) is 0 Å². The molecule has 1 heterocycles. The zero-order valence-electron chi connectivity index (χ0n) is 15.9. The number of Topliss-reactive ketones (excluding diaryl/α,β-unsaturated/α-hetero) is 1. The van der Waals surface area contributed by atoms with Gasteiger partial charge in [0.1, 0.15) is 5.78 Å². The van der Waals surface area contributed by atoms with Crippen LogP contribution < -0.4 is 0 Å². The van der Waals surface area contributed by atoms with Crippen LogP contribution in [0.4, 0.5) is 0 Å². The predicted octanol–water partition coefficient (Wildman–Crippen LogP) is 2.00. The average Bonchev–Trinajstić information content (AvgIpc) is 3.14. The molecule has 0 unspecified atom stereocenters. The Labute approximate surface area is 155 Å². The number of ketones is 1. The summed E-state index contributed by atoms with van der Waals surface area (Å²) in [5.74, 6) is 1.16. The first-order chi connectivity index (χ1) is 12.3. The number of hydrogen-bond acceptors (Lipinski definition) is 4. The number of hydrogen-bond donors (Lipinski definition) is 2. The van der Waals surface area contributed by atoms with Crippen LogP contribution in [-0.4, -0.2) is 52.2 Å². The second-order valence-corrected chi connectivity index (χ2v) is 10.7. The lowest BCUT2D eigenvalue weighted by Gasteiger charge is -2.65. The molecule has 0 aromatic heterocycles. The smallest absolute Gasteiger partial charge is 0.140 e. The van der Waals surface area contributed by atoms with Crippen LogP contribution >= 0.6 is 0 Å². The van der Waals surface area contributed by atoms with Crippen LogP contribution in [0.1, 0.15) is 46.0 Å². The maximum absolute atomic E-state index is 13.0. The van der Waals surface area contributed by atoms with Gasteiger partial charge >= 0.3 is 0 Å². The van der Waals surface area contributed by atoms with Gasteiger partial charge in [-0.1, -0.05) is 20.4 Å². The first-order valence-electron chi connectivity index (χ1n) is 10.6. The summed E-state index contributed by atoms with van der Waals surface area (Å²) in [6, 6.07) is 0.331. The highest BCUT2D eigenvalue weighted by atomic mass is 16.3. The highest BCUT2D eigenvalue weighted by Gasteiger charge is 2.85. The van der Waals surface area contributed by atoms with Crippen molar-refractivity contribution in [2.24, 2.45) is 39.9 Å². The molecule has 6 aliphatic rings. The van der Waals surface area contributed by atoms with Crippen molar-refractivity contribution in [3.63, 3.8) is 0 Å². The molecule has 10 atom stereocenters. The summed E-state index contributed by atoms with van der Waals surface area (Å²) >= 11 is 0. The highest BCUT2D eigenvalue weighted by molar-refractivity contribution is 5.87. The second-order valence-electron chi connectivity index (χ2n) is 10.7. The van der Waals surface area contributed by atoms with Crippen LogP contribution in [0.25, 0.3) is 0 Å². The van der Waals surface area contributed by atoms with E-state index in [1.807, 2.05) is 0 Å². The van der Waals surface area contributed by atoms with Crippen molar-refractivity contribution < 1.29 is 15.0 Å². The van der Waals surface area contributed by atoms with Crippen molar-refractivity contribution in [2.75, 3.05) is 13.1 Å². The Morgan fingerprint density at radius 1 is 1.31 bits per heavy atom. The van der Waals surface area contributed by atoms with Crippen LogP contribution in [-0.2, 0) is 4.79 Å². The molecule has 0 amide bonds. The minimum Gasteiger partial charge on any atom is -0.392 e. The zero-order chi connectivity index (χ0) is 18.2. The second kappa shape index (κ2) is 4.47. The van der Waals surface area contributed by atoms with Crippen molar-refractivity contribution in [1.82, 2.24) is 4.90 Å². The first-order valence-corrected chi connectivity index (χ1v) is 10.6. The normalized spacial score (nSPS) is 62.7. The van der Waals surface area contributed by atoms with Crippen LogP contribution in [0.5, 0.6) is 0 Å². The van der Waals surface area contributed by atoms with E-state index in [1.54, 1.807) is 0 Å². The Hall–Kier alpha value is -0.710. The number of aliphatic hydroxyl groups excluding tert-OH is 2. The fraction of sp³-hybridized carbons (Fsp3) is 0.864. The van der Waals surface area contributed by atoms with E-state index in [-0.39, 0.29) is 40.0 Å². The SMILES string of the molecule is C=C1[C@H]2C[C@]3([C@@H]1O)[C@@H](CC2=O)[C@]12[C@@H]4C[C@H]3[C@H]1N(CC)C[C@]4(C)CC[C@@H]2O. The fourth-order valence-electron chi connectivity index (χ4n) is 9.75.